The molecule has 1 aliphatic rings. The molecule has 0 radical (unpaired) electrons. The Kier molecular flexibility index (Phi) is 3.96. The third-order valence-electron chi connectivity index (χ3n) is 2.27. The number of hydrogen-bond donors (Lipinski definition) is 0. The summed E-state index contributed by atoms with van der Waals surface area (Å²) in [6, 6.07) is 0. The van der Waals surface area contributed by atoms with Gasteiger partial charge in [0.1, 0.15) is 0 Å². The zero-order valence-corrected chi connectivity index (χ0v) is 8.16. The molecular weight excluding hydrogens is 166 g/mol. The zero-order valence-electron chi connectivity index (χ0n) is 8.16. The minimum atomic E-state index is 0.0180. The number of piperidine rings is 1. The van der Waals surface area contributed by atoms with Gasteiger partial charge < -0.3 is 9.64 Å². The van der Waals surface area contributed by atoms with E-state index in [0.29, 0.717) is 0 Å². The maximum Gasteiger partial charge on any atom is 0.246 e. The van der Waals surface area contributed by atoms with Crippen molar-refractivity contribution in [2.75, 3.05) is 19.7 Å². The number of likely N-dealkylation sites (tertiary alicyclic amines) is 1. The van der Waals surface area contributed by atoms with Gasteiger partial charge in [-0.3, -0.25) is 4.79 Å². The fourth-order valence-electron chi connectivity index (χ4n) is 1.64. The first-order valence-corrected chi connectivity index (χ1v) is 4.81. The number of carbonyl (C=O) groups is 1. The number of hydrogen-bond acceptors (Lipinski definition) is 2. The molecule has 0 spiro atoms. The van der Waals surface area contributed by atoms with E-state index in [9.17, 15) is 4.79 Å². The predicted molar refractivity (Wildman–Crippen MR) is 51.4 cm³/mol. The summed E-state index contributed by atoms with van der Waals surface area (Å²) >= 11 is 0. The maximum absolute atomic E-state index is 11.3. The van der Waals surface area contributed by atoms with E-state index in [4.69, 9.17) is 4.74 Å². The van der Waals surface area contributed by atoms with Crippen LogP contribution in [0.4, 0.5) is 0 Å². The van der Waals surface area contributed by atoms with Crippen molar-refractivity contribution in [1.82, 2.24) is 4.90 Å². The van der Waals surface area contributed by atoms with Crippen molar-refractivity contribution in [1.29, 1.82) is 0 Å². The Morgan fingerprint density at radius 3 is 3.15 bits per heavy atom. The molecule has 0 bridgehead atoms. The second kappa shape index (κ2) is 5.02. The lowest BCUT2D eigenvalue weighted by Crippen LogP contribution is -2.42. The van der Waals surface area contributed by atoms with E-state index in [1.165, 1.54) is 6.08 Å². The SMILES string of the molecule is C=CC(=O)N1CCC[C@@H](OCC)C1. The van der Waals surface area contributed by atoms with Crippen molar-refractivity contribution in [2.24, 2.45) is 0 Å². The molecule has 0 N–H and O–H groups in total. The first kappa shape index (κ1) is 10.3. The molecule has 0 aliphatic carbocycles. The van der Waals surface area contributed by atoms with Gasteiger partial charge in [-0.15, -0.1) is 0 Å². The normalized spacial score (nSPS) is 22.8. The summed E-state index contributed by atoms with van der Waals surface area (Å²) in [7, 11) is 0. The fourth-order valence-corrected chi connectivity index (χ4v) is 1.64. The maximum atomic E-state index is 11.3. The second-order valence-electron chi connectivity index (χ2n) is 3.21. The van der Waals surface area contributed by atoms with Gasteiger partial charge in [-0.1, -0.05) is 6.58 Å². The lowest BCUT2D eigenvalue weighted by Gasteiger charge is -2.31. The molecule has 13 heavy (non-hydrogen) atoms. The Balaban J connectivity index is 2.41. The molecule has 0 saturated carbocycles. The van der Waals surface area contributed by atoms with E-state index in [1.807, 2.05) is 6.92 Å². The average Bonchev–Trinajstić information content (AvgIpc) is 2.18. The number of nitrogens with zero attached hydrogens (tertiary/aromatic N) is 1. The highest BCUT2D eigenvalue weighted by molar-refractivity contribution is 5.87. The van der Waals surface area contributed by atoms with Crippen LogP contribution in [0.25, 0.3) is 0 Å². The van der Waals surface area contributed by atoms with Crippen LogP contribution in [0.15, 0.2) is 12.7 Å². The molecule has 74 valence electrons. The molecule has 0 aromatic heterocycles. The quantitative estimate of drug-likeness (QED) is 0.615. The molecule has 1 atom stereocenters. The van der Waals surface area contributed by atoms with Gasteiger partial charge in [0, 0.05) is 19.7 Å². The monoisotopic (exact) mass is 183 g/mol. The average molecular weight is 183 g/mol. The summed E-state index contributed by atoms with van der Waals surface area (Å²) < 4.78 is 5.48. The van der Waals surface area contributed by atoms with Crippen LogP contribution in [0.1, 0.15) is 19.8 Å². The topological polar surface area (TPSA) is 29.5 Å². The lowest BCUT2D eigenvalue weighted by atomic mass is 10.1. The van der Waals surface area contributed by atoms with Crippen LogP contribution in [0.3, 0.4) is 0 Å². The van der Waals surface area contributed by atoms with Crippen molar-refractivity contribution in [3.8, 4) is 0 Å². The fraction of sp³-hybridized carbons (Fsp3) is 0.700. The Labute approximate surface area is 79.4 Å². The summed E-state index contributed by atoms with van der Waals surface area (Å²) in [5.41, 5.74) is 0. The minimum absolute atomic E-state index is 0.0180. The lowest BCUT2D eigenvalue weighted by molar-refractivity contribution is -0.129. The number of amides is 1. The molecular formula is C10H17NO2. The van der Waals surface area contributed by atoms with Crippen molar-refractivity contribution in [3.63, 3.8) is 0 Å². The van der Waals surface area contributed by atoms with Gasteiger partial charge in [0.25, 0.3) is 0 Å². The van der Waals surface area contributed by atoms with Gasteiger partial charge in [0.15, 0.2) is 0 Å². The summed E-state index contributed by atoms with van der Waals surface area (Å²) in [6.07, 6.45) is 3.69. The highest BCUT2D eigenvalue weighted by Gasteiger charge is 2.21. The zero-order chi connectivity index (χ0) is 9.68. The highest BCUT2D eigenvalue weighted by atomic mass is 16.5. The summed E-state index contributed by atoms with van der Waals surface area (Å²) in [6.45, 7) is 7.74. The molecule has 1 fully saturated rings. The second-order valence-corrected chi connectivity index (χ2v) is 3.21. The molecule has 3 nitrogen and oxygen atoms in total. The standard InChI is InChI=1S/C10H17NO2/c1-3-10(12)11-7-5-6-9(8-11)13-4-2/h3,9H,1,4-8H2,2H3/t9-/m1/s1. The smallest absolute Gasteiger partial charge is 0.246 e. The molecule has 1 heterocycles. The summed E-state index contributed by atoms with van der Waals surface area (Å²) in [5.74, 6) is 0.0180. The van der Waals surface area contributed by atoms with Crippen molar-refractivity contribution < 1.29 is 9.53 Å². The van der Waals surface area contributed by atoms with Gasteiger partial charge in [-0.05, 0) is 25.8 Å². The minimum Gasteiger partial charge on any atom is -0.377 e. The van der Waals surface area contributed by atoms with Gasteiger partial charge in [-0.2, -0.15) is 0 Å². The van der Waals surface area contributed by atoms with Crippen LogP contribution >= 0.6 is 0 Å². The van der Waals surface area contributed by atoms with Gasteiger partial charge in [0.2, 0.25) is 5.91 Å². The third kappa shape index (κ3) is 2.84. The van der Waals surface area contributed by atoms with Crippen molar-refractivity contribution >= 4 is 5.91 Å². The Morgan fingerprint density at radius 2 is 2.54 bits per heavy atom. The van der Waals surface area contributed by atoms with Crippen LogP contribution in [0, 0.1) is 0 Å². The first-order chi connectivity index (χ1) is 6.27. The van der Waals surface area contributed by atoms with Crippen LogP contribution in [-0.2, 0) is 9.53 Å². The molecule has 3 heteroatoms. The highest BCUT2D eigenvalue weighted by Crippen LogP contribution is 2.13. The van der Waals surface area contributed by atoms with Gasteiger partial charge in [-0.25, -0.2) is 0 Å². The molecule has 1 rings (SSSR count). The first-order valence-electron chi connectivity index (χ1n) is 4.81. The summed E-state index contributed by atoms with van der Waals surface area (Å²) in [4.78, 5) is 13.1. The van der Waals surface area contributed by atoms with E-state index in [-0.39, 0.29) is 12.0 Å². The Morgan fingerprint density at radius 1 is 1.77 bits per heavy atom. The summed E-state index contributed by atoms with van der Waals surface area (Å²) in [5, 5.41) is 0. The molecule has 1 aliphatic heterocycles. The van der Waals surface area contributed by atoms with Crippen LogP contribution in [0.2, 0.25) is 0 Å². The van der Waals surface area contributed by atoms with Crippen LogP contribution in [0.5, 0.6) is 0 Å². The number of rotatable bonds is 3. The molecule has 0 aromatic rings. The molecule has 0 unspecified atom stereocenters. The Hall–Kier alpha value is -0.830. The predicted octanol–water partition coefficient (Wildman–Crippen LogP) is 1.20. The van der Waals surface area contributed by atoms with E-state index in [1.54, 1.807) is 4.90 Å². The van der Waals surface area contributed by atoms with E-state index < -0.39 is 0 Å². The van der Waals surface area contributed by atoms with Crippen molar-refractivity contribution in [2.45, 2.75) is 25.9 Å². The van der Waals surface area contributed by atoms with Gasteiger partial charge >= 0.3 is 0 Å². The largest absolute Gasteiger partial charge is 0.377 e. The number of ether oxygens (including phenoxy) is 1. The molecule has 0 aromatic carbocycles. The van der Waals surface area contributed by atoms with Crippen molar-refractivity contribution in [3.05, 3.63) is 12.7 Å². The Bertz CT molecular complexity index is 189. The molecule has 1 amide bonds. The van der Waals surface area contributed by atoms with Crippen LogP contribution in [-0.4, -0.2) is 36.6 Å². The van der Waals surface area contributed by atoms with E-state index in [2.05, 4.69) is 6.58 Å². The molecule has 1 saturated heterocycles. The van der Waals surface area contributed by atoms with E-state index >= 15 is 0 Å². The number of carbonyl (C=O) groups excluding carboxylic acids is 1. The third-order valence-corrected chi connectivity index (χ3v) is 2.27. The van der Waals surface area contributed by atoms with Crippen LogP contribution < -0.4 is 0 Å². The van der Waals surface area contributed by atoms with E-state index in [0.717, 1.165) is 32.5 Å². The van der Waals surface area contributed by atoms with Gasteiger partial charge in [0.05, 0.1) is 6.10 Å².